The molecule has 0 atom stereocenters. The van der Waals surface area contributed by atoms with Crippen molar-refractivity contribution in [1.29, 1.82) is 0 Å². The lowest BCUT2D eigenvalue weighted by Gasteiger charge is -2.11. The van der Waals surface area contributed by atoms with Gasteiger partial charge in [-0.25, -0.2) is 9.97 Å². The molecule has 21 heavy (non-hydrogen) atoms. The van der Waals surface area contributed by atoms with Gasteiger partial charge in [-0.05, 0) is 63.4 Å². The molecule has 0 radical (unpaired) electrons. The molecule has 0 amide bonds. The fraction of sp³-hybridized carbons (Fsp3) is 0.333. The van der Waals surface area contributed by atoms with Crippen LogP contribution in [0.3, 0.4) is 0 Å². The van der Waals surface area contributed by atoms with Crippen LogP contribution in [-0.4, -0.2) is 23.6 Å². The van der Waals surface area contributed by atoms with Crippen LogP contribution in [0.2, 0.25) is 0 Å². The van der Waals surface area contributed by atoms with Crippen LogP contribution in [0, 0.1) is 6.92 Å². The van der Waals surface area contributed by atoms with E-state index in [2.05, 4.69) is 54.1 Å². The fourth-order valence-electron chi connectivity index (χ4n) is 1.85. The summed E-state index contributed by atoms with van der Waals surface area (Å²) in [5, 5.41) is 3.32. The zero-order chi connectivity index (χ0) is 15.4. The third kappa shape index (κ3) is 3.74. The van der Waals surface area contributed by atoms with E-state index >= 15 is 0 Å². The molecule has 2 aromatic rings. The minimum atomic E-state index is 0.692. The molecular weight excluding hydrogens is 398 g/mol. The van der Waals surface area contributed by atoms with E-state index in [0.29, 0.717) is 5.82 Å². The lowest BCUT2D eigenvalue weighted by Crippen LogP contribution is -2.06. The second kappa shape index (κ2) is 7.22. The summed E-state index contributed by atoms with van der Waals surface area (Å²) in [6.07, 6.45) is 1.04. The van der Waals surface area contributed by atoms with Gasteiger partial charge < -0.3 is 10.1 Å². The van der Waals surface area contributed by atoms with Crippen molar-refractivity contribution < 1.29 is 4.74 Å². The van der Waals surface area contributed by atoms with Gasteiger partial charge in [0.15, 0.2) is 5.82 Å². The number of halogens is 2. The molecule has 112 valence electrons. The average Bonchev–Trinajstić information content (AvgIpc) is 2.48. The lowest BCUT2D eigenvalue weighted by atomic mass is 10.2. The van der Waals surface area contributed by atoms with E-state index in [0.717, 1.165) is 44.7 Å². The molecular formula is C15H17Br2N3O. The number of hydrogen-bond donors (Lipinski definition) is 1. The van der Waals surface area contributed by atoms with E-state index < -0.39 is 0 Å². The van der Waals surface area contributed by atoms with Gasteiger partial charge >= 0.3 is 0 Å². The molecule has 0 aliphatic rings. The van der Waals surface area contributed by atoms with Crippen molar-refractivity contribution >= 4 is 37.7 Å². The van der Waals surface area contributed by atoms with Crippen LogP contribution in [0.5, 0.6) is 5.75 Å². The Bertz CT molecular complexity index is 647. The Kier molecular flexibility index (Phi) is 5.58. The van der Waals surface area contributed by atoms with Crippen LogP contribution >= 0.6 is 31.9 Å². The highest BCUT2D eigenvalue weighted by Crippen LogP contribution is 2.31. The molecule has 1 aromatic heterocycles. The SMILES string of the molecule is CCCNc1nc(-c2ccc(OC)c(Br)c2)nc(C)c1Br. The fourth-order valence-corrected chi connectivity index (χ4v) is 2.71. The minimum absolute atomic E-state index is 0.692. The van der Waals surface area contributed by atoms with E-state index in [1.54, 1.807) is 7.11 Å². The first-order valence-electron chi connectivity index (χ1n) is 6.68. The van der Waals surface area contributed by atoms with E-state index in [9.17, 15) is 0 Å². The van der Waals surface area contributed by atoms with E-state index in [1.807, 2.05) is 25.1 Å². The summed E-state index contributed by atoms with van der Waals surface area (Å²) in [7, 11) is 1.65. The topological polar surface area (TPSA) is 47.0 Å². The monoisotopic (exact) mass is 413 g/mol. The van der Waals surface area contributed by atoms with Gasteiger partial charge in [0, 0.05) is 12.1 Å². The van der Waals surface area contributed by atoms with Crippen molar-refractivity contribution in [2.75, 3.05) is 19.0 Å². The van der Waals surface area contributed by atoms with Gasteiger partial charge in [-0.3, -0.25) is 0 Å². The summed E-state index contributed by atoms with van der Waals surface area (Å²) in [6.45, 7) is 4.96. The molecule has 1 heterocycles. The number of rotatable bonds is 5. The Morgan fingerprint density at radius 2 is 2.00 bits per heavy atom. The number of aromatic nitrogens is 2. The predicted octanol–water partition coefficient (Wildman–Crippen LogP) is 4.81. The summed E-state index contributed by atoms with van der Waals surface area (Å²) in [5.41, 5.74) is 1.85. The van der Waals surface area contributed by atoms with E-state index in [4.69, 9.17) is 4.74 Å². The summed E-state index contributed by atoms with van der Waals surface area (Å²) in [4.78, 5) is 9.16. The van der Waals surface area contributed by atoms with Gasteiger partial charge in [0.1, 0.15) is 11.6 Å². The van der Waals surface area contributed by atoms with Crippen molar-refractivity contribution in [3.05, 3.63) is 32.8 Å². The Morgan fingerprint density at radius 3 is 2.62 bits per heavy atom. The van der Waals surface area contributed by atoms with Crippen molar-refractivity contribution in [2.45, 2.75) is 20.3 Å². The average molecular weight is 415 g/mol. The van der Waals surface area contributed by atoms with Crippen LogP contribution in [0.15, 0.2) is 27.1 Å². The molecule has 1 aromatic carbocycles. The Balaban J connectivity index is 2.43. The van der Waals surface area contributed by atoms with Crippen LogP contribution in [0.1, 0.15) is 19.0 Å². The second-order valence-corrected chi connectivity index (χ2v) is 6.22. The smallest absolute Gasteiger partial charge is 0.161 e. The van der Waals surface area contributed by atoms with Crippen LogP contribution in [-0.2, 0) is 0 Å². The molecule has 0 bridgehead atoms. The van der Waals surface area contributed by atoms with Crippen LogP contribution in [0.25, 0.3) is 11.4 Å². The van der Waals surface area contributed by atoms with E-state index in [-0.39, 0.29) is 0 Å². The number of benzene rings is 1. The third-order valence-electron chi connectivity index (χ3n) is 2.97. The van der Waals surface area contributed by atoms with Gasteiger partial charge in [-0.2, -0.15) is 0 Å². The predicted molar refractivity (Wildman–Crippen MR) is 92.9 cm³/mol. The zero-order valence-corrected chi connectivity index (χ0v) is 15.4. The number of nitrogens with zero attached hydrogens (tertiary/aromatic N) is 2. The molecule has 0 saturated carbocycles. The summed E-state index contributed by atoms with van der Waals surface area (Å²) in [5.74, 6) is 2.31. The molecule has 0 aliphatic heterocycles. The zero-order valence-electron chi connectivity index (χ0n) is 12.2. The number of anilines is 1. The summed E-state index contributed by atoms with van der Waals surface area (Å²) >= 11 is 7.03. The van der Waals surface area contributed by atoms with Gasteiger partial charge in [-0.1, -0.05) is 6.92 Å². The number of aryl methyl sites for hydroxylation is 1. The van der Waals surface area contributed by atoms with Gasteiger partial charge in [0.25, 0.3) is 0 Å². The highest BCUT2D eigenvalue weighted by molar-refractivity contribution is 9.11. The van der Waals surface area contributed by atoms with Gasteiger partial charge in [0.05, 0.1) is 21.7 Å². The first-order chi connectivity index (χ1) is 10.1. The molecule has 0 fully saturated rings. The molecule has 0 aliphatic carbocycles. The molecule has 0 spiro atoms. The number of ether oxygens (including phenoxy) is 1. The first-order valence-corrected chi connectivity index (χ1v) is 8.27. The van der Waals surface area contributed by atoms with Crippen molar-refractivity contribution in [3.63, 3.8) is 0 Å². The molecule has 2 rings (SSSR count). The maximum atomic E-state index is 5.25. The summed E-state index contributed by atoms with van der Waals surface area (Å²) in [6, 6.07) is 5.82. The van der Waals surface area contributed by atoms with Gasteiger partial charge in [-0.15, -0.1) is 0 Å². The van der Waals surface area contributed by atoms with Crippen molar-refractivity contribution in [3.8, 4) is 17.1 Å². The highest BCUT2D eigenvalue weighted by Gasteiger charge is 2.12. The molecule has 0 saturated heterocycles. The van der Waals surface area contributed by atoms with Crippen molar-refractivity contribution in [1.82, 2.24) is 9.97 Å². The highest BCUT2D eigenvalue weighted by atomic mass is 79.9. The lowest BCUT2D eigenvalue weighted by molar-refractivity contribution is 0.412. The summed E-state index contributed by atoms with van der Waals surface area (Å²) < 4.78 is 7.04. The maximum absolute atomic E-state index is 5.25. The second-order valence-electron chi connectivity index (χ2n) is 4.57. The normalized spacial score (nSPS) is 10.5. The van der Waals surface area contributed by atoms with Crippen LogP contribution < -0.4 is 10.1 Å². The third-order valence-corrected chi connectivity index (χ3v) is 4.54. The molecule has 4 nitrogen and oxygen atoms in total. The van der Waals surface area contributed by atoms with Crippen LogP contribution in [0.4, 0.5) is 5.82 Å². The number of nitrogens with one attached hydrogen (secondary N) is 1. The molecule has 0 unspecified atom stereocenters. The standard InChI is InChI=1S/C15H17Br2N3O/c1-4-7-18-15-13(17)9(2)19-14(20-15)10-5-6-12(21-3)11(16)8-10/h5-6,8H,4,7H2,1-3H3,(H,18,19,20). The Morgan fingerprint density at radius 1 is 1.24 bits per heavy atom. The number of hydrogen-bond acceptors (Lipinski definition) is 4. The number of methoxy groups -OCH3 is 1. The first kappa shape index (κ1) is 16.2. The van der Waals surface area contributed by atoms with Crippen molar-refractivity contribution in [2.24, 2.45) is 0 Å². The largest absolute Gasteiger partial charge is 0.496 e. The minimum Gasteiger partial charge on any atom is -0.496 e. The Labute approximate surface area is 141 Å². The quantitative estimate of drug-likeness (QED) is 0.762. The van der Waals surface area contributed by atoms with Gasteiger partial charge in [0.2, 0.25) is 0 Å². The Hall–Kier alpha value is -1.14. The molecule has 6 heteroatoms. The van der Waals surface area contributed by atoms with E-state index in [1.165, 1.54) is 0 Å². The molecule has 1 N–H and O–H groups in total. The maximum Gasteiger partial charge on any atom is 0.161 e.